The number of carbonyl (C=O) groups excluding carboxylic acids is 1. The summed E-state index contributed by atoms with van der Waals surface area (Å²) in [5.74, 6) is 1.01. The van der Waals surface area contributed by atoms with Gasteiger partial charge >= 0.3 is 0 Å². The van der Waals surface area contributed by atoms with Crippen molar-refractivity contribution < 1.29 is 9.18 Å². The lowest BCUT2D eigenvalue weighted by molar-refractivity contribution is 0.0910. The third kappa shape index (κ3) is 4.47. The van der Waals surface area contributed by atoms with E-state index < -0.39 is 0 Å². The highest BCUT2D eigenvalue weighted by Crippen LogP contribution is 2.27. The Morgan fingerprint density at radius 1 is 1.21 bits per heavy atom. The number of benzene rings is 2. The second kappa shape index (κ2) is 8.57. The summed E-state index contributed by atoms with van der Waals surface area (Å²) in [7, 11) is 1.97. The SMILES string of the molecule is C[C@@H]1CCCC[C@@H]1NC(=O)c1ccc2nc(SCc3ccc(F)cc3)n(C)c2c1. The zero-order valence-electron chi connectivity index (χ0n) is 16.8. The smallest absolute Gasteiger partial charge is 0.251 e. The molecule has 1 saturated carbocycles. The molecule has 0 saturated heterocycles. The molecule has 1 aromatic heterocycles. The van der Waals surface area contributed by atoms with Crippen molar-refractivity contribution in [2.45, 2.75) is 49.6 Å². The molecule has 1 aliphatic rings. The van der Waals surface area contributed by atoms with Crippen LogP contribution < -0.4 is 5.32 Å². The van der Waals surface area contributed by atoms with E-state index in [4.69, 9.17) is 4.98 Å². The van der Waals surface area contributed by atoms with E-state index in [9.17, 15) is 9.18 Å². The molecule has 4 rings (SSSR count). The maximum Gasteiger partial charge on any atom is 0.251 e. The summed E-state index contributed by atoms with van der Waals surface area (Å²) in [5.41, 5.74) is 3.53. The summed E-state index contributed by atoms with van der Waals surface area (Å²) in [6.07, 6.45) is 4.68. The second-order valence-electron chi connectivity index (χ2n) is 7.91. The zero-order chi connectivity index (χ0) is 20.4. The Bertz CT molecular complexity index is 1010. The second-order valence-corrected chi connectivity index (χ2v) is 8.86. The number of nitrogens with one attached hydrogen (secondary N) is 1. The van der Waals surface area contributed by atoms with E-state index in [1.807, 2.05) is 29.8 Å². The van der Waals surface area contributed by atoms with E-state index in [2.05, 4.69) is 12.2 Å². The van der Waals surface area contributed by atoms with Crippen molar-refractivity contribution in [1.29, 1.82) is 0 Å². The highest BCUT2D eigenvalue weighted by molar-refractivity contribution is 7.98. The van der Waals surface area contributed by atoms with Crippen LogP contribution in [0.2, 0.25) is 0 Å². The van der Waals surface area contributed by atoms with Crippen LogP contribution in [0, 0.1) is 11.7 Å². The van der Waals surface area contributed by atoms with Gasteiger partial charge in [-0.25, -0.2) is 9.37 Å². The maximum atomic E-state index is 13.1. The summed E-state index contributed by atoms with van der Waals surface area (Å²) in [4.78, 5) is 17.5. The third-order valence-corrected chi connectivity index (χ3v) is 6.91. The van der Waals surface area contributed by atoms with Gasteiger partial charge in [0.05, 0.1) is 11.0 Å². The standard InChI is InChI=1S/C23H26FN3OS/c1-15-5-3-4-6-19(15)25-22(28)17-9-12-20-21(13-17)27(2)23(26-20)29-14-16-7-10-18(24)11-8-16/h7-13,15,19H,3-6,14H2,1-2H3,(H,25,28)/t15-,19+/m1/s1. The number of halogens is 1. The fraction of sp³-hybridized carbons (Fsp3) is 0.391. The first-order valence-electron chi connectivity index (χ1n) is 10.2. The summed E-state index contributed by atoms with van der Waals surface area (Å²) in [6, 6.07) is 12.5. The molecule has 0 unspecified atom stereocenters. The van der Waals surface area contributed by atoms with Crippen LogP contribution >= 0.6 is 11.8 Å². The Labute approximate surface area is 174 Å². The number of nitrogens with zero attached hydrogens (tertiary/aromatic N) is 2. The predicted octanol–water partition coefficient (Wildman–Crippen LogP) is 5.31. The minimum Gasteiger partial charge on any atom is -0.349 e. The first-order chi connectivity index (χ1) is 14.0. The first kappa shape index (κ1) is 20.0. The van der Waals surface area contributed by atoms with Crippen molar-refractivity contribution in [3.63, 3.8) is 0 Å². The van der Waals surface area contributed by atoms with E-state index in [1.165, 1.54) is 31.4 Å². The predicted molar refractivity (Wildman–Crippen MR) is 116 cm³/mol. The van der Waals surface area contributed by atoms with Gasteiger partial charge in [0.1, 0.15) is 5.82 Å². The molecule has 1 amide bonds. The number of aryl methyl sites for hydroxylation is 1. The van der Waals surface area contributed by atoms with Gasteiger partial charge in [-0.15, -0.1) is 0 Å². The zero-order valence-corrected chi connectivity index (χ0v) is 17.6. The monoisotopic (exact) mass is 411 g/mol. The van der Waals surface area contributed by atoms with Crippen LogP contribution in [0.15, 0.2) is 47.6 Å². The van der Waals surface area contributed by atoms with Crippen LogP contribution in [0.4, 0.5) is 4.39 Å². The van der Waals surface area contributed by atoms with Crippen LogP contribution in [0.25, 0.3) is 11.0 Å². The van der Waals surface area contributed by atoms with Crippen LogP contribution in [0.1, 0.15) is 48.5 Å². The molecule has 0 bridgehead atoms. The largest absolute Gasteiger partial charge is 0.349 e. The van der Waals surface area contributed by atoms with Gasteiger partial charge in [-0.05, 0) is 54.7 Å². The third-order valence-electron chi connectivity index (χ3n) is 5.81. The minimum atomic E-state index is -0.227. The molecule has 152 valence electrons. The van der Waals surface area contributed by atoms with Gasteiger partial charge in [0.15, 0.2) is 5.16 Å². The number of carbonyl (C=O) groups is 1. The lowest BCUT2D eigenvalue weighted by Gasteiger charge is -2.29. The van der Waals surface area contributed by atoms with Gasteiger partial charge in [-0.3, -0.25) is 4.79 Å². The van der Waals surface area contributed by atoms with Gasteiger partial charge in [-0.2, -0.15) is 0 Å². The van der Waals surface area contributed by atoms with E-state index in [0.29, 0.717) is 17.2 Å². The Hall–Kier alpha value is -2.34. The van der Waals surface area contributed by atoms with Crippen LogP contribution in [-0.4, -0.2) is 21.5 Å². The fourth-order valence-electron chi connectivity index (χ4n) is 3.95. The average Bonchev–Trinajstić information content (AvgIpc) is 3.04. The number of fused-ring (bicyclic) bond motifs is 1. The van der Waals surface area contributed by atoms with Gasteiger partial charge in [-0.1, -0.05) is 43.7 Å². The number of rotatable bonds is 5. The number of hydrogen-bond acceptors (Lipinski definition) is 3. The molecule has 29 heavy (non-hydrogen) atoms. The molecule has 2 atom stereocenters. The van der Waals surface area contributed by atoms with Crippen LogP contribution in [0.3, 0.4) is 0 Å². The Morgan fingerprint density at radius 2 is 1.97 bits per heavy atom. The van der Waals surface area contributed by atoms with Crippen molar-refractivity contribution in [2.75, 3.05) is 0 Å². The van der Waals surface area contributed by atoms with E-state index in [-0.39, 0.29) is 17.8 Å². The number of amides is 1. The minimum absolute atomic E-state index is 0.00707. The molecule has 1 fully saturated rings. The molecule has 0 spiro atoms. The quantitative estimate of drug-likeness (QED) is 0.579. The van der Waals surface area contributed by atoms with E-state index in [1.54, 1.807) is 23.9 Å². The molecule has 3 aromatic rings. The molecule has 4 nitrogen and oxygen atoms in total. The molecule has 0 radical (unpaired) electrons. The Morgan fingerprint density at radius 3 is 2.72 bits per heavy atom. The average molecular weight is 412 g/mol. The molecule has 2 aromatic carbocycles. The van der Waals surface area contributed by atoms with Gasteiger partial charge < -0.3 is 9.88 Å². The Kier molecular flexibility index (Phi) is 5.90. The number of aromatic nitrogens is 2. The lowest BCUT2D eigenvalue weighted by atomic mass is 9.86. The number of hydrogen-bond donors (Lipinski definition) is 1. The Balaban J connectivity index is 1.49. The number of imidazole rings is 1. The van der Waals surface area contributed by atoms with Crippen molar-refractivity contribution in [3.05, 3.63) is 59.4 Å². The van der Waals surface area contributed by atoms with Gasteiger partial charge in [0.25, 0.3) is 5.91 Å². The van der Waals surface area contributed by atoms with E-state index >= 15 is 0 Å². The summed E-state index contributed by atoms with van der Waals surface area (Å²) in [6.45, 7) is 2.22. The fourth-order valence-corrected chi connectivity index (χ4v) is 4.89. The first-order valence-corrected chi connectivity index (χ1v) is 11.1. The molecular formula is C23H26FN3OS. The summed E-state index contributed by atoms with van der Waals surface area (Å²) < 4.78 is 15.1. The van der Waals surface area contributed by atoms with Crippen molar-refractivity contribution in [1.82, 2.24) is 14.9 Å². The molecule has 1 aliphatic carbocycles. The normalized spacial score (nSPS) is 19.4. The van der Waals surface area contributed by atoms with E-state index in [0.717, 1.165) is 28.2 Å². The molecule has 1 heterocycles. The summed E-state index contributed by atoms with van der Waals surface area (Å²) >= 11 is 1.60. The van der Waals surface area contributed by atoms with Crippen molar-refractivity contribution >= 4 is 28.7 Å². The van der Waals surface area contributed by atoms with Crippen LogP contribution in [0.5, 0.6) is 0 Å². The van der Waals surface area contributed by atoms with Crippen molar-refractivity contribution in [2.24, 2.45) is 13.0 Å². The van der Waals surface area contributed by atoms with Gasteiger partial charge in [0, 0.05) is 24.4 Å². The molecule has 1 N–H and O–H groups in total. The molecular weight excluding hydrogens is 385 g/mol. The van der Waals surface area contributed by atoms with Crippen molar-refractivity contribution in [3.8, 4) is 0 Å². The van der Waals surface area contributed by atoms with Gasteiger partial charge in [0.2, 0.25) is 0 Å². The molecule has 6 heteroatoms. The topological polar surface area (TPSA) is 46.9 Å². The highest BCUT2D eigenvalue weighted by Gasteiger charge is 2.23. The van der Waals surface area contributed by atoms with Crippen LogP contribution in [-0.2, 0) is 12.8 Å². The maximum absolute atomic E-state index is 13.1. The number of thioether (sulfide) groups is 1. The summed E-state index contributed by atoms with van der Waals surface area (Å²) in [5, 5.41) is 4.10. The highest BCUT2D eigenvalue weighted by atomic mass is 32.2. The lowest BCUT2D eigenvalue weighted by Crippen LogP contribution is -2.41. The molecule has 0 aliphatic heterocycles.